The van der Waals surface area contributed by atoms with Gasteiger partial charge in [0.25, 0.3) is 0 Å². The molecule has 0 aromatic heterocycles. The van der Waals surface area contributed by atoms with E-state index in [9.17, 15) is 4.79 Å². The maximum atomic E-state index is 10.5. The van der Waals surface area contributed by atoms with Gasteiger partial charge >= 0.3 is 5.97 Å². The van der Waals surface area contributed by atoms with E-state index in [1.165, 1.54) is 11.6 Å². The monoisotopic (exact) mass is 208 g/mol. The maximum absolute atomic E-state index is 10.5. The van der Waals surface area contributed by atoms with E-state index in [1.807, 2.05) is 6.08 Å². The van der Waals surface area contributed by atoms with Crippen LogP contribution in [0.4, 0.5) is 0 Å². The van der Waals surface area contributed by atoms with Gasteiger partial charge in [-0.05, 0) is 24.7 Å². The average molecular weight is 208 g/mol. The molecule has 2 unspecified atom stereocenters. The molecule has 1 N–H and O–H groups in total. The van der Waals surface area contributed by atoms with Crippen LogP contribution in [0, 0.1) is 17.3 Å². The Hall–Kier alpha value is -1.05. The van der Waals surface area contributed by atoms with Gasteiger partial charge in [0.1, 0.15) is 0 Å². The second-order valence-corrected chi connectivity index (χ2v) is 5.08. The number of carboxylic acid groups (broad SMARTS) is 1. The van der Waals surface area contributed by atoms with Crippen LogP contribution in [0.2, 0.25) is 0 Å². The number of allylic oxidation sites excluding steroid dienone is 3. The van der Waals surface area contributed by atoms with Crippen molar-refractivity contribution in [2.24, 2.45) is 17.3 Å². The van der Waals surface area contributed by atoms with Crippen LogP contribution in [-0.2, 0) is 4.79 Å². The predicted molar refractivity (Wildman–Crippen MR) is 61.6 cm³/mol. The van der Waals surface area contributed by atoms with Gasteiger partial charge in [-0.1, -0.05) is 38.5 Å². The van der Waals surface area contributed by atoms with Crippen molar-refractivity contribution in [3.8, 4) is 0 Å². The van der Waals surface area contributed by atoms with Gasteiger partial charge in [0.05, 0.1) is 0 Å². The molecule has 0 spiro atoms. The molecule has 84 valence electrons. The number of aliphatic carboxylic acids is 1. The molecule has 2 atom stereocenters. The zero-order valence-electron chi connectivity index (χ0n) is 9.95. The number of carboxylic acids is 1. The Balaban J connectivity index is 2.96. The molecule has 0 bridgehead atoms. The molecule has 2 nitrogen and oxygen atoms in total. The molecule has 0 heterocycles. The molecular formula is C13H20O2. The molecular weight excluding hydrogens is 188 g/mol. The Morgan fingerprint density at radius 2 is 2.20 bits per heavy atom. The van der Waals surface area contributed by atoms with Crippen LogP contribution in [-0.4, -0.2) is 11.1 Å². The second-order valence-electron chi connectivity index (χ2n) is 5.08. The first-order valence-electron chi connectivity index (χ1n) is 5.43. The lowest BCUT2D eigenvalue weighted by atomic mass is 9.63. The molecule has 0 aliphatic heterocycles. The number of rotatable bonds is 2. The van der Waals surface area contributed by atoms with Gasteiger partial charge in [-0.25, -0.2) is 4.79 Å². The highest BCUT2D eigenvalue weighted by Gasteiger charge is 2.36. The fourth-order valence-electron chi connectivity index (χ4n) is 2.27. The topological polar surface area (TPSA) is 37.3 Å². The molecule has 1 aliphatic carbocycles. The number of hydrogen-bond donors (Lipinski definition) is 1. The standard InChI is InChI=1S/C13H20O2/c1-9-5-6-10(2)13(3,4)11(9)7-8-12(14)15/h5,7-8,10-11H,6H2,1-4H3,(H,14,15). The Kier molecular flexibility index (Phi) is 3.38. The summed E-state index contributed by atoms with van der Waals surface area (Å²) in [4.78, 5) is 10.5. The first kappa shape index (κ1) is 12.0. The third kappa shape index (κ3) is 2.49. The second kappa shape index (κ2) is 4.21. The van der Waals surface area contributed by atoms with Crippen LogP contribution in [0.1, 0.15) is 34.1 Å². The van der Waals surface area contributed by atoms with Crippen molar-refractivity contribution in [3.05, 3.63) is 23.8 Å². The molecule has 0 saturated carbocycles. The Labute approximate surface area is 91.7 Å². The Morgan fingerprint density at radius 1 is 1.60 bits per heavy atom. The largest absolute Gasteiger partial charge is 0.478 e. The van der Waals surface area contributed by atoms with E-state index in [0.717, 1.165) is 6.42 Å². The van der Waals surface area contributed by atoms with Gasteiger partial charge in [-0.2, -0.15) is 0 Å². The number of hydrogen-bond acceptors (Lipinski definition) is 1. The summed E-state index contributed by atoms with van der Waals surface area (Å²) in [6, 6.07) is 0. The van der Waals surface area contributed by atoms with Crippen molar-refractivity contribution in [3.63, 3.8) is 0 Å². The lowest BCUT2D eigenvalue weighted by Crippen LogP contribution is -2.33. The van der Waals surface area contributed by atoms with E-state index in [1.54, 1.807) is 0 Å². The predicted octanol–water partition coefficient (Wildman–Crippen LogP) is 3.26. The van der Waals surface area contributed by atoms with E-state index in [0.29, 0.717) is 5.92 Å². The van der Waals surface area contributed by atoms with Gasteiger partial charge in [0, 0.05) is 12.0 Å². The van der Waals surface area contributed by atoms with Gasteiger partial charge < -0.3 is 5.11 Å². The van der Waals surface area contributed by atoms with Crippen LogP contribution in [0.3, 0.4) is 0 Å². The summed E-state index contributed by atoms with van der Waals surface area (Å²) < 4.78 is 0. The highest BCUT2D eigenvalue weighted by molar-refractivity contribution is 5.79. The van der Waals surface area contributed by atoms with Gasteiger partial charge in [0.2, 0.25) is 0 Å². The van der Waals surface area contributed by atoms with Crippen molar-refractivity contribution in [2.75, 3.05) is 0 Å². The normalized spacial score (nSPS) is 30.3. The van der Waals surface area contributed by atoms with Crippen LogP contribution >= 0.6 is 0 Å². The third-order valence-electron chi connectivity index (χ3n) is 3.79. The molecule has 1 rings (SSSR count). The molecule has 0 radical (unpaired) electrons. The first-order valence-corrected chi connectivity index (χ1v) is 5.43. The smallest absolute Gasteiger partial charge is 0.327 e. The fraction of sp³-hybridized carbons (Fsp3) is 0.615. The van der Waals surface area contributed by atoms with Crippen LogP contribution in [0.5, 0.6) is 0 Å². The minimum Gasteiger partial charge on any atom is -0.478 e. The summed E-state index contributed by atoms with van der Waals surface area (Å²) >= 11 is 0. The molecule has 2 heteroatoms. The van der Waals surface area contributed by atoms with Crippen molar-refractivity contribution in [2.45, 2.75) is 34.1 Å². The van der Waals surface area contributed by atoms with Gasteiger partial charge in [-0.3, -0.25) is 0 Å². The Morgan fingerprint density at radius 3 is 2.73 bits per heavy atom. The van der Waals surface area contributed by atoms with Crippen molar-refractivity contribution in [1.82, 2.24) is 0 Å². The summed E-state index contributed by atoms with van der Waals surface area (Å²) in [5.41, 5.74) is 1.43. The summed E-state index contributed by atoms with van der Waals surface area (Å²) in [6.45, 7) is 8.74. The average Bonchev–Trinajstić information content (AvgIpc) is 2.11. The summed E-state index contributed by atoms with van der Waals surface area (Å²) in [6.07, 6.45) is 6.41. The summed E-state index contributed by atoms with van der Waals surface area (Å²) in [5, 5.41) is 8.66. The molecule has 15 heavy (non-hydrogen) atoms. The maximum Gasteiger partial charge on any atom is 0.327 e. The highest BCUT2D eigenvalue weighted by Crippen LogP contribution is 2.45. The molecule has 0 aromatic carbocycles. The number of carbonyl (C=O) groups is 1. The molecule has 0 fully saturated rings. The van der Waals surface area contributed by atoms with Gasteiger partial charge in [0.15, 0.2) is 0 Å². The highest BCUT2D eigenvalue weighted by atomic mass is 16.4. The minimum absolute atomic E-state index is 0.144. The molecule has 0 aromatic rings. The molecule has 1 aliphatic rings. The van der Waals surface area contributed by atoms with E-state index < -0.39 is 5.97 Å². The summed E-state index contributed by atoms with van der Waals surface area (Å²) in [5.74, 6) is -0.0289. The van der Waals surface area contributed by atoms with Crippen LogP contribution < -0.4 is 0 Å². The lowest BCUT2D eigenvalue weighted by molar-refractivity contribution is -0.131. The van der Waals surface area contributed by atoms with E-state index in [2.05, 4.69) is 33.8 Å². The lowest BCUT2D eigenvalue weighted by Gasteiger charge is -2.42. The van der Waals surface area contributed by atoms with Crippen molar-refractivity contribution in [1.29, 1.82) is 0 Å². The quantitative estimate of drug-likeness (QED) is 0.558. The summed E-state index contributed by atoms with van der Waals surface area (Å²) in [7, 11) is 0. The van der Waals surface area contributed by atoms with E-state index >= 15 is 0 Å². The van der Waals surface area contributed by atoms with E-state index in [-0.39, 0.29) is 11.3 Å². The van der Waals surface area contributed by atoms with Crippen molar-refractivity contribution < 1.29 is 9.90 Å². The Bertz CT molecular complexity index is 310. The zero-order chi connectivity index (χ0) is 11.6. The van der Waals surface area contributed by atoms with Crippen molar-refractivity contribution >= 4 is 5.97 Å². The van der Waals surface area contributed by atoms with E-state index in [4.69, 9.17) is 5.11 Å². The SMILES string of the molecule is CC1=CCC(C)C(C)(C)C1C=CC(=O)O. The fourth-order valence-corrected chi connectivity index (χ4v) is 2.27. The van der Waals surface area contributed by atoms with Crippen LogP contribution in [0.15, 0.2) is 23.8 Å². The minimum atomic E-state index is -0.864. The first-order chi connectivity index (χ1) is 6.85. The van der Waals surface area contributed by atoms with Gasteiger partial charge in [-0.15, -0.1) is 0 Å². The zero-order valence-corrected chi connectivity index (χ0v) is 9.95. The van der Waals surface area contributed by atoms with Crippen LogP contribution in [0.25, 0.3) is 0 Å². The third-order valence-corrected chi connectivity index (χ3v) is 3.79. The molecule has 0 amide bonds. The molecule has 0 saturated heterocycles.